The van der Waals surface area contributed by atoms with Crippen molar-refractivity contribution in [2.45, 2.75) is 46.1 Å². The van der Waals surface area contributed by atoms with Crippen LogP contribution in [0.2, 0.25) is 0 Å². The fourth-order valence-corrected chi connectivity index (χ4v) is 4.86. The Morgan fingerprint density at radius 2 is 1.64 bits per heavy atom. The predicted octanol–water partition coefficient (Wildman–Crippen LogP) is 3.66. The number of fused-ring (bicyclic) bond motifs is 2. The van der Waals surface area contributed by atoms with E-state index in [-0.39, 0.29) is 22.8 Å². The summed E-state index contributed by atoms with van der Waals surface area (Å²) in [5, 5.41) is 3.27. The predicted molar refractivity (Wildman–Crippen MR) is 96.6 cm³/mol. The number of hydrogen-bond donors (Lipinski definition) is 1. The first-order valence-corrected chi connectivity index (χ1v) is 8.89. The van der Waals surface area contributed by atoms with E-state index in [0.717, 1.165) is 6.42 Å². The van der Waals surface area contributed by atoms with Gasteiger partial charge in [-0.2, -0.15) is 0 Å². The van der Waals surface area contributed by atoms with Gasteiger partial charge in [0.1, 0.15) is 5.75 Å². The van der Waals surface area contributed by atoms with Crippen LogP contribution in [0.4, 0.5) is 0 Å². The maximum absolute atomic E-state index is 13.0. The number of carbonyl (C=O) groups excluding carboxylic acids is 1. The number of rotatable bonds is 5. The summed E-state index contributed by atoms with van der Waals surface area (Å²) in [6.45, 7) is 7.00. The molecule has 2 aliphatic rings. The van der Waals surface area contributed by atoms with Crippen LogP contribution in [0.1, 0.15) is 50.4 Å². The van der Waals surface area contributed by atoms with Crippen molar-refractivity contribution in [3.05, 3.63) is 17.7 Å². The third-order valence-corrected chi connectivity index (χ3v) is 7.05. The lowest BCUT2D eigenvalue weighted by atomic mass is 9.69. The maximum Gasteiger partial charge on any atom is 0.255 e. The summed E-state index contributed by atoms with van der Waals surface area (Å²) in [7, 11) is 4.68. The van der Waals surface area contributed by atoms with Crippen LogP contribution in [0.25, 0.3) is 0 Å². The monoisotopic (exact) mass is 347 g/mol. The molecule has 2 fully saturated rings. The van der Waals surface area contributed by atoms with Gasteiger partial charge in [0.25, 0.3) is 5.91 Å². The summed E-state index contributed by atoms with van der Waals surface area (Å²) in [4.78, 5) is 13.0. The molecule has 3 rings (SSSR count). The van der Waals surface area contributed by atoms with Crippen LogP contribution in [0.15, 0.2) is 12.1 Å². The molecular formula is C20H29NO4. The van der Waals surface area contributed by atoms with Gasteiger partial charge in [-0.25, -0.2) is 0 Å². The molecule has 2 aliphatic carbocycles. The first-order chi connectivity index (χ1) is 11.8. The number of ether oxygens (including phenoxy) is 3. The van der Waals surface area contributed by atoms with E-state index in [1.54, 1.807) is 33.5 Å². The largest absolute Gasteiger partial charge is 0.496 e. The Hall–Kier alpha value is -1.91. The van der Waals surface area contributed by atoms with Crippen LogP contribution >= 0.6 is 0 Å². The fraction of sp³-hybridized carbons (Fsp3) is 0.650. The second-order valence-corrected chi connectivity index (χ2v) is 8.04. The minimum atomic E-state index is -0.118. The van der Waals surface area contributed by atoms with Gasteiger partial charge in [-0.15, -0.1) is 0 Å². The molecule has 5 heteroatoms. The molecule has 25 heavy (non-hydrogen) atoms. The van der Waals surface area contributed by atoms with E-state index in [2.05, 4.69) is 26.1 Å². The second-order valence-electron chi connectivity index (χ2n) is 8.04. The zero-order chi connectivity index (χ0) is 18.4. The average molecular weight is 347 g/mol. The lowest BCUT2D eigenvalue weighted by molar-refractivity contribution is 0.0823. The summed E-state index contributed by atoms with van der Waals surface area (Å²) in [5.41, 5.74) is 0.869. The Morgan fingerprint density at radius 1 is 1.04 bits per heavy atom. The Bertz CT molecular complexity index is 685. The minimum absolute atomic E-state index is 0.118. The smallest absolute Gasteiger partial charge is 0.255 e. The van der Waals surface area contributed by atoms with Crippen molar-refractivity contribution in [1.82, 2.24) is 5.32 Å². The molecule has 2 saturated carbocycles. The van der Waals surface area contributed by atoms with Crippen molar-refractivity contribution in [3.8, 4) is 17.2 Å². The van der Waals surface area contributed by atoms with Gasteiger partial charge >= 0.3 is 0 Å². The first kappa shape index (κ1) is 17.9. The topological polar surface area (TPSA) is 56.8 Å². The minimum Gasteiger partial charge on any atom is -0.496 e. The van der Waals surface area contributed by atoms with E-state index in [9.17, 15) is 4.79 Å². The molecule has 0 unspecified atom stereocenters. The summed E-state index contributed by atoms with van der Waals surface area (Å²) in [5.74, 6) is 2.11. The van der Waals surface area contributed by atoms with E-state index in [1.807, 2.05) is 0 Å². The standard InChI is InChI=1S/C20H29NO4/c1-19(2)12-7-8-20(19,3)17(9-12)21-18(22)13-10-15(24-5)16(25-6)11-14(13)23-4/h10-12,17H,7-9H2,1-6H3,(H,21,22)/t12-,17+,20+/m0/s1. The van der Waals surface area contributed by atoms with Crippen LogP contribution in [-0.4, -0.2) is 33.3 Å². The summed E-state index contributed by atoms with van der Waals surface area (Å²) < 4.78 is 16.0. The number of methoxy groups -OCH3 is 3. The number of carbonyl (C=O) groups is 1. The highest BCUT2D eigenvalue weighted by atomic mass is 16.5. The van der Waals surface area contributed by atoms with Gasteiger partial charge in [-0.3, -0.25) is 4.79 Å². The normalized spacial score (nSPS) is 29.4. The van der Waals surface area contributed by atoms with E-state index < -0.39 is 0 Å². The number of benzene rings is 1. The van der Waals surface area contributed by atoms with Crippen molar-refractivity contribution in [3.63, 3.8) is 0 Å². The average Bonchev–Trinajstić information content (AvgIpc) is 2.93. The van der Waals surface area contributed by atoms with E-state index in [4.69, 9.17) is 14.2 Å². The summed E-state index contributed by atoms with van der Waals surface area (Å²) in [6, 6.07) is 3.57. The van der Waals surface area contributed by atoms with Crippen molar-refractivity contribution >= 4 is 5.91 Å². The highest BCUT2D eigenvalue weighted by Crippen LogP contribution is 2.65. The van der Waals surface area contributed by atoms with Gasteiger partial charge < -0.3 is 19.5 Å². The fourth-order valence-electron chi connectivity index (χ4n) is 4.86. The molecule has 5 nitrogen and oxygen atoms in total. The molecule has 1 aromatic carbocycles. The third kappa shape index (κ3) is 2.55. The molecule has 0 heterocycles. The molecule has 138 valence electrons. The number of hydrogen-bond acceptors (Lipinski definition) is 4. The quantitative estimate of drug-likeness (QED) is 0.883. The van der Waals surface area contributed by atoms with Crippen LogP contribution in [0, 0.1) is 16.7 Å². The lowest BCUT2D eigenvalue weighted by Crippen LogP contribution is -2.46. The van der Waals surface area contributed by atoms with Gasteiger partial charge in [0.2, 0.25) is 0 Å². The highest BCUT2D eigenvalue weighted by molar-refractivity contribution is 5.98. The molecule has 2 bridgehead atoms. The van der Waals surface area contributed by atoms with Crippen LogP contribution in [0.5, 0.6) is 17.2 Å². The van der Waals surface area contributed by atoms with Gasteiger partial charge in [0.15, 0.2) is 11.5 Å². The molecule has 1 N–H and O–H groups in total. The maximum atomic E-state index is 13.0. The van der Waals surface area contributed by atoms with E-state index in [1.165, 1.54) is 12.8 Å². The molecule has 3 atom stereocenters. The van der Waals surface area contributed by atoms with Gasteiger partial charge in [-0.05, 0) is 36.0 Å². The van der Waals surface area contributed by atoms with E-state index >= 15 is 0 Å². The molecule has 0 aliphatic heterocycles. The second kappa shape index (κ2) is 6.11. The Balaban J connectivity index is 1.87. The van der Waals surface area contributed by atoms with Crippen LogP contribution < -0.4 is 19.5 Å². The van der Waals surface area contributed by atoms with Gasteiger partial charge in [-0.1, -0.05) is 20.8 Å². The van der Waals surface area contributed by atoms with Crippen molar-refractivity contribution in [1.29, 1.82) is 0 Å². The zero-order valence-corrected chi connectivity index (χ0v) is 16.1. The third-order valence-electron chi connectivity index (χ3n) is 7.05. The van der Waals surface area contributed by atoms with Crippen molar-refractivity contribution in [2.75, 3.05) is 21.3 Å². The zero-order valence-electron chi connectivity index (χ0n) is 16.1. The van der Waals surface area contributed by atoms with Crippen molar-refractivity contribution < 1.29 is 19.0 Å². The molecule has 1 amide bonds. The van der Waals surface area contributed by atoms with Gasteiger partial charge in [0.05, 0.1) is 26.9 Å². The molecule has 0 radical (unpaired) electrons. The Kier molecular flexibility index (Phi) is 4.38. The van der Waals surface area contributed by atoms with Crippen LogP contribution in [0.3, 0.4) is 0 Å². The molecule has 0 saturated heterocycles. The molecular weight excluding hydrogens is 318 g/mol. The highest BCUT2D eigenvalue weighted by Gasteiger charge is 2.61. The van der Waals surface area contributed by atoms with Crippen LogP contribution in [-0.2, 0) is 0 Å². The Morgan fingerprint density at radius 3 is 2.12 bits per heavy atom. The summed E-state index contributed by atoms with van der Waals surface area (Å²) in [6.07, 6.45) is 3.47. The number of amides is 1. The number of nitrogens with one attached hydrogen (secondary N) is 1. The first-order valence-electron chi connectivity index (χ1n) is 8.89. The summed E-state index contributed by atoms with van der Waals surface area (Å²) >= 11 is 0. The molecule has 0 spiro atoms. The SMILES string of the molecule is COc1cc(OC)c(C(=O)N[C@@H]2C[C@@H]3CC[C@@]2(C)C3(C)C)cc1OC. The molecule has 1 aromatic rings. The molecule has 0 aromatic heterocycles. The van der Waals surface area contributed by atoms with Crippen molar-refractivity contribution in [2.24, 2.45) is 16.7 Å². The Labute approximate surface area is 150 Å². The van der Waals surface area contributed by atoms with Gasteiger partial charge in [0, 0.05) is 18.2 Å². The lowest BCUT2D eigenvalue weighted by Gasteiger charge is -2.39. The van der Waals surface area contributed by atoms with E-state index in [0.29, 0.717) is 28.7 Å².